The number of hydrogen-bond donors (Lipinski definition) is 0. The first-order chi connectivity index (χ1) is 29.7. The van der Waals surface area contributed by atoms with Gasteiger partial charge in [0, 0.05) is 12.5 Å². The number of carbonyl (C=O) groups is 3. The van der Waals surface area contributed by atoms with Crippen molar-refractivity contribution in [1.82, 2.24) is 0 Å². The minimum Gasteiger partial charge on any atom is -0.493 e. The molecule has 0 saturated heterocycles. The predicted molar refractivity (Wildman–Crippen MR) is 190 cm³/mol. The third-order valence-electron chi connectivity index (χ3n) is 10.0. The minimum absolute atomic E-state index is 0.00109. The van der Waals surface area contributed by atoms with Gasteiger partial charge < -0.3 is 28.4 Å². The Hall–Kier alpha value is -5.08. The lowest BCUT2D eigenvalue weighted by Crippen LogP contribution is -2.70. The highest BCUT2D eigenvalue weighted by atomic mass is 19.4. The topological polar surface area (TPSA) is 130 Å². The molecule has 0 aliphatic heterocycles. The number of carbonyl (C=O) groups excluding carboxylic acids is 3. The first kappa shape index (κ1) is 53.3. The molecule has 0 aromatic heterocycles. The molecule has 2 aromatic rings. The maximum Gasteiger partial charge on any atom is 0.460 e. The van der Waals surface area contributed by atoms with Crippen molar-refractivity contribution in [2.75, 3.05) is 46.2 Å². The molecule has 0 N–H and O–H groups in total. The number of benzene rings is 2. The second-order valence-corrected chi connectivity index (χ2v) is 14.3. The summed E-state index contributed by atoms with van der Waals surface area (Å²) in [6.07, 6.45) is -11.2. The number of ether oxygens (including phenoxy) is 6. The second kappa shape index (κ2) is 21.7. The third kappa shape index (κ3) is 12.4. The molecule has 0 amide bonds. The van der Waals surface area contributed by atoms with Gasteiger partial charge in [-0.3, -0.25) is 14.4 Å². The highest BCUT2D eigenvalue weighted by molar-refractivity contribution is 5.84. The summed E-state index contributed by atoms with van der Waals surface area (Å²) in [5.74, 6) is -44.0. The SMILES string of the molecule is CCC(C(=O)OCCC(F)(F)C(F)(F)C(F)(F)C(F)(F)C(F)(F)C(F)(F)F)C1CC1(CCC(=O)OCCOCCOc1ccccc1)C(=O)OCCCCOc1ccc(C#N)c(F)c1. The number of nitriles is 1. The summed E-state index contributed by atoms with van der Waals surface area (Å²) in [7, 11) is 0. The summed E-state index contributed by atoms with van der Waals surface area (Å²) in [6, 6.07) is 13.9. The number of esters is 3. The van der Waals surface area contributed by atoms with Crippen LogP contribution in [0.15, 0.2) is 48.5 Å². The van der Waals surface area contributed by atoms with Crippen LogP contribution >= 0.6 is 0 Å². The van der Waals surface area contributed by atoms with Gasteiger partial charge in [0.1, 0.15) is 36.6 Å². The fraction of sp³-hybridized carbons (Fsp3) is 0.600. The van der Waals surface area contributed by atoms with Gasteiger partial charge in [-0.05, 0) is 62.3 Å². The van der Waals surface area contributed by atoms with E-state index >= 15 is 0 Å². The maximum absolute atomic E-state index is 14.3. The molecule has 1 aliphatic rings. The summed E-state index contributed by atoms with van der Waals surface area (Å²) >= 11 is 0. The van der Waals surface area contributed by atoms with Crippen molar-refractivity contribution >= 4 is 17.9 Å². The Labute approximate surface area is 356 Å². The van der Waals surface area contributed by atoms with E-state index in [1.165, 1.54) is 19.1 Å². The average molecular weight is 946 g/mol. The van der Waals surface area contributed by atoms with E-state index in [4.69, 9.17) is 28.9 Å². The Kier molecular flexibility index (Phi) is 18.1. The van der Waals surface area contributed by atoms with Crippen molar-refractivity contribution in [3.8, 4) is 17.6 Å². The fourth-order valence-corrected chi connectivity index (χ4v) is 6.27. The molecule has 0 radical (unpaired) electrons. The van der Waals surface area contributed by atoms with Crippen LogP contribution in [-0.4, -0.2) is 99.9 Å². The number of rotatable bonds is 27. The molecule has 0 bridgehead atoms. The van der Waals surface area contributed by atoms with Gasteiger partial charge in [-0.2, -0.15) is 62.3 Å². The molecule has 1 saturated carbocycles. The van der Waals surface area contributed by atoms with Gasteiger partial charge in [0.2, 0.25) is 0 Å². The van der Waals surface area contributed by atoms with Crippen LogP contribution in [0.5, 0.6) is 11.5 Å². The molecule has 0 heterocycles. The Morgan fingerprint density at radius 1 is 0.719 bits per heavy atom. The van der Waals surface area contributed by atoms with Gasteiger partial charge in [-0.25, -0.2) is 4.39 Å². The highest BCUT2D eigenvalue weighted by Crippen LogP contribution is 2.62. The summed E-state index contributed by atoms with van der Waals surface area (Å²) in [6.45, 7) is -0.914. The van der Waals surface area contributed by atoms with E-state index in [0.29, 0.717) is 5.75 Å². The number of unbranched alkanes of at least 4 members (excludes halogenated alkanes) is 1. The van der Waals surface area contributed by atoms with E-state index in [1.54, 1.807) is 36.4 Å². The van der Waals surface area contributed by atoms with Crippen LogP contribution in [0.25, 0.3) is 0 Å². The monoisotopic (exact) mass is 945 g/mol. The van der Waals surface area contributed by atoms with Crippen molar-refractivity contribution < 1.29 is 104 Å². The third-order valence-corrected chi connectivity index (χ3v) is 10.0. The Morgan fingerprint density at radius 3 is 1.94 bits per heavy atom. The smallest absolute Gasteiger partial charge is 0.460 e. The molecule has 1 aliphatic carbocycles. The minimum atomic E-state index is -8.09. The van der Waals surface area contributed by atoms with Crippen LogP contribution < -0.4 is 9.47 Å². The molecule has 3 rings (SSSR count). The lowest BCUT2D eigenvalue weighted by Gasteiger charge is -2.39. The molecule has 3 atom stereocenters. The number of para-hydroxylation sites is 1. The normalized spacial score (nSPS) is 17.5. The zero-order valence-corrected chi connectivity index (χ0v) is 33.6. The second-order valence-electron chi connectivity index (χ2n) is 14.3. The lowest BCUT2D eigenvalue weighted by molar-refractivity contribution is -0.440. The summed E-state index contributed by atoms with van der Waals surface area (Å²) in [5, 5.41) is 8.84. The quantitative estimate of drug-likeness (QED) is 0.0370. The van der Waals surface area contributed by atoms with Crippen molar-refractivity contribution in [2.24, 2.45) is 17.3 Å². The first-order valence-corrected chi connectivity index (χ1v) is 19.3. The van der Waals surface area contributed by atoms with Gasteiger partial charge >= 0.3 is 53.7 Å². The van der Waals surface area contributed by atoms with E-state index < -0.39 is 96.2 Å². The van der Waals surface area contributed by atoms with Crippen LogP contribution in [0.4, 0.5) is 61.5 Å². The molecule has 1 fully saturated rings. The van der Waals surface area contributed by atoms with Gasteiger partial charge in [-0.1, -0.05) is 25.1 Å². The molecule has 2 aromatic carbocycles. The Morgan fingerprint density at radius 2 is 1.33 bits per heavy atom. The van der Waals surface area contributed by atoms with Crippen LogP contribution in [0, 0.1) is 34.4 Å². The molecular weight excluding hydrogens is 904 g/mol. The van der Waals surface area contributed by atoms with E-state index in [9.17, 15) is 75.8 Å². The van der Waals surface area contributed by atoms with E-state index in [1.807, 2.05) is 0 Å². The van der Waals surface area contributed by atoms with Gasteiger partial charge in [0.05, 0.1) is 56.4 Å². The Bertz CT molecular complexity index is 1910. The predicted octanol–water partition coefficient (Wildman–Crippen LogP) is 9.52. The van der Waals surface area contributed by atoms with Crippen LogP contribution in [-0.2, 0) is 33.3 Å². The number of nitrogens with zero attached hydrogens (tertiary/aromatic N) is 1. The molecule has 64 heavy (non-hydrogen) atoms. The largest absolute Gasteiger partial charge is 0.493 e. The van der Waals surface area contributed by atoms with E-state index in [2.05, 4.69) is 4.74 Å². The summed E-state index contributed by atoms with van der Waals surface area (Å²) < 4.78 is 221. The highest BCUT2D eigenvalue weighted by Gasteiger charge is 2.90. The number of halogens is 14. The molecule has 10 nitrogen and oxygen atoms in total. The zero-order valence-electron chi connectivity index (χ0n) is 33.6. The average Bonchev–Trinajstić information content (AvgIpc) is 3.95. The molecule has 3 unspecified atom stereocenters. The molecule has 358 valence electrons. The molecular formula is C40H41F14NO9. The van der Waals surface area contributed by atoms with Gasteiger partial charge in [0.25, 0.3) is 0 Å². The number of hydrogen-bond acceptors (Lipinski definition) is 10. The van der Waals surface area contributed by atoms with E-state index in [-0.39, 0.29) is 83.1 Å². The van der Waals surface area contributed by atoms with Crippen molar-refractivity contribution in [2.45, 2.75) is 87.7 Å². The summed E-state index contributed by atoms with van der Waals surface area (Å²) in [4.78, 5) is 39.1. The lowest BCUT2D eigenvalue weighted by atomic mass is 9.89. The standard InChI is InChI=1S/C40H41F14NO9/c1-2-28(32(57)63-17-14-35(42,43)36(44,45)37(46,47)38(48,49)39(50,51)40(52,53)54)29-23-34(29,13-12-31(56)62-21-19-59-18-20-61-26-8-4-3-5-9-26)33(58)64-16-7-6-15-60-27-11-10-25(24-55)30(41)22-27/h3-5,8-11,22,28-29H,2,6-7,12-21,23H2,1H3. The Balaban J connectivity index is 1.62. The van der Waals surface area contributed by atoms with Crippen LogP contribution in [0.1, 0.15) is 57.4 Å². The van der Waals surface area contributed by atoms with Gasteiger partial charge in [0.15, 0.2) is 0 Å². The number of alkyl halides is 13. The maximum atomic E-state index is 14.3. The van der Waals surface area contributed by atoms with Crippen molar-refractivity contribution in [3.05, 3.63) is 59.9 Å². The van der Waals surface area contributed by atoms with Crippen molar-refractivity contribution in [3.63, 3.8) is 0 Å². The molecule has 0 spiro atoms. The van der Waals surface area contributed by atoms with Crippen LogP contribution in [0.2, 0.25) is 0 Å². The van der Waals surface area contributed by atoms with Crippen molar-refractivity contribution in [1.29, 1.82) is 5.26 Å². The summed E-state index contributed by atoms with van der Waals surface area (Å²) in [5.41, 5.74) is -1.86. The van der Waals surface area contributed by atoms with Crippen LogP contribution in [0.3, 0.4) is 0 Å². The van der Waals surface area contributed by atoms with E-state index in [0.717, 1.165) is 6.07 Å². The zero-order chi connectivity index (χ0) is 48.2. The van der Waals surface area contributed by atoms with Gasteiger partial charge in [-0.15, -0.1) is 0 Å². The fourth-order valence-electron chi connectivity index (χ4n) is 6.27. The molecule has 24 heteroatoms. The first-order valence-electron chi connectivity index (χ1n) is 19.3.